The Balaban J connectivity index is 1.59. The topological polar surface area (TPSA) is 107 Å². The number of fused-ring (bicyclic) bond motifs is 3. The van der Waals surface area contributed by atoms with Crippen LogP contribution in [0.25, 0.3) is 6.08 Å². The molecule has 0 amide bonds. The van der Waals surface area contributed by atoms with E-state index in [9.17, 15) is 14.4 Å². The number of rotatable bonds is 7. The van der Waals surface area contributed by atoms with E-state index >= 15 is 0 Å². The van der Waals surface area contributed by atoms with Gasteiger partial charge < -0.3 is 28.4 Å². The van der Waals surface area contributed by atoms with Gasteiger partial charge in [0.25, 0.3) is 0 Å². The van der Waals surface area contributed by atoms with Gasteiger partial charge in [-0.1, -0.05) is 24.3 Å². The van der Waals surface area contributed by atoms with E-state index in [0.29, 0.717) is 33.9 Å². The average molecular weight is 517 g/mol. The molecule has 0 spiro atoms. The monoisotopic (exact) mass is 516 g/mol. The molecule has 0 fully saturated rings. The first-order chi connectivity index (χ1) is 18.4. The van der Waals surface area contributed by atoms with Crippen LogP contribution < -0.4 is 23.7 Å². The molecule has 0 radical (unpaired) electrons. The van der Waals surface area contributed by atoms with Gasteiger partial charge in [0.1, 0.15) is 17.2 Å². The summed E-state index contributed by atoms with van der Waals surface area (Å²) in [5.41, 5.74) is 2.21. The zero-order chi connectivity index (χ0) is 26.8. The Bertz CT molecular complexity index is 1450. The Hall–Kier alpha value is -4.79. The fourth-order valence-corrected chi connectivity index (χ4v) is 4.54. The summed E-state index contributed by atoms with van der Waals surface area (Å²) in [6, 6.07) is 15.6. The highest BCUT2D eigenvalue weighted by atomic mass is 16.6. The van der Waals surface area contributed by atoms with Gasteiger partial charge in [-0.15, -0.1) is 0 Å². The SMILES string of the molecule is COC(=O)COc1c(OC)cccc1[C@@H]1CC(=O)Oc2ccc3c(c21)O/C(=C\c1ccc(OC)cc1)C3=O. The minimum Gasteiger partial charge on any atom is -0.497 e. The van der Waals surface area contributed by atoms with Crippen LogP contribution in [0.2, 0.25) is 0 Å². The molecule has 0 aliphatic carbocycles. The van der Waals surface area contributed by atoms with E-state index < -0.39 is 17.9 Å². The number of carbonyl (C=O) groups excluding carboxylic acids is 3. The van der Waals surface area contributed by atoms with Gasteiger partial charge in [-0.3, -0.25) is 9.59 Å². The predicted molar refractivity (Wildman–Crippen MR) is 135 cm³/mol. The molecule has 9 heteroatoms. The number of methoxy groups -OCH3 is 3. The fraction of sp³-hybridized carbons (Fsp3) is 0.207. The minimum absolute atomic E-state index is 0.0414. The molecule has 0 saturated heterocycles. The summed E-state index contributed by atoms with van der Waals surface area (Å²) in [6.45, 7) is -0.357. The van der Waals surface area contributed by atoms with Crippen molar-refractivity contribution in [3.8, 4) is 28.7 Å². The lowest BCUT2D eigenvalue weighted by atomic mass is 9.84. The number of ketones is 1. The number of hydrogen-bond donors (Lipinski definition) is 0. The Kier molecular flexibility index (Phi) is 6.74. The highest BCUT2D eigenvalue weighted by molar-refractivity contribution is 6.15. The second-order valence-electron chi connectivity index (χ2n) is 8.54. The molecular weight excluding hydrogens is 492 g/mol. The van der Waals surface area contributed by atoms with Crippen molar-refractivity contribution >= 4 is 23.8 Å². The van der Waals surface area contributed by atoms with E-state index in [1.807, 2.05) is 12.1 Å². The highest BCUT2D eigenvalue weighted by Gasteiger charge is 2.40. The van der Waals surface area contributed by atoms with E-state index in [0.717, 1.165) is 5.56 Å². The van der Waals surface area contributed by atoms with Crippen LogP contribution in [0.4, 0.5) is 0 Å². The van der Waals surface area contributed by atoms with Gasteiger partial charge in [-0.05, 0) is 42.0 Å². The van der Waals surface area contributed by atoms with Crippen molar-refractivity contribution in [2.75, 3.05) is 27.9 Å². The number of allylic oxidation sites excluding steroid dienone is 1. The largest absolute Gasteiger partial charge is 0.497 e. The number of Topliss-reactive ketones (excluding diaryl/α,β-unsaturated/α-hetero) is 1. The number of para-hydroxylation sites is 1. The maximum absolute atomic E-state index is 13.3. The lowest BCUT2D eigenvalue weighted by Crippen LogP contribution is -2.22. The molecule has 0 saturated carbocycles. The third kappa shape index (κ3) is 4.54. The molecule has 3 aromatic rings. The number of benzene rings is 3. The first kappa shape index (κ1) is 24.9. The lowest BCUT2D eigenvalue weighted by Gasteiger charge is -2.28. The summed E-state index contributed by atoms with van der Waals surface area (Å²) >= 11 is 0. The molecule has 2 heterocycles. The van der Waals surface area contributed by atoms with Gasteiger partial charge in [-0.2, -0.15) is 0 Å². The average Bonchev–Trinajstić information content (AvgIpc) is 3.25. The van der Waals surface area contributed by atoms with Crippen molar-refractivity contribution in [3.05, 3.63) is 82.6 Å². The molecule has 0 aromatic heterocycles. The van der Waals surface area contributed by atoms with Gasteiger partial charge in [-0.25, -0.2) is 4.79 Å². The second kappa shape index (κ2) is 10.3. The van der Waals surface area contributed by atoms with Gasteiger partial charge >= 0.3 is 11.9 Å². The minimum atomic E-state index is -0.600. The number of ether oxygens (including phenoxy) is 6. The van der Waals surface area contributed by atoms with Crippen LogP contribution in [0.15, 0.2) is 60.4 Å². The smallest absolute Gasteiger partial charge is 0.343 e. The molecule has 1 atom stereocenters. The van der Waals surface area contributed by atoms with Crippen LogP contribution in [-0.4, -0.2) is 45.7 Å². The summed E-state index contributed by atoms with van der Waals surface area (Å²) in [4.78, 5) is 37.7. The van der Waals surface area contributed by atoms with E-state index in [1.54, 1.807) is 55.7 Å². The van der Waals surface area contributed by atoms with E-state index in [1.165, 1.54) is 14.2 Å². The molecule has 3 aromatic carbocycles. The lowest BCUT2D eigenvalue weighted by molar-refractivity contribution is -0.143. The highest BCUT2D eigenvalue weighted by Crippen LogP contribution is 2.51. The van der Waals surface area contributed by atoms with E-state index in [-0.39, 0.29) is 36.1 Å². The molecule has 0 bridgehead atoms. The number of esters is 2. The second-order valence-corrected chi connectivity index (χ2v) is 8.54. The zero-order valence-corrected chi connectivity index (χ0v) is 20.9. The molecule has 0 unspecified atom stereocenters. The Morgan fingerprint density at radius 2 is 1.76 bits per heavy atom. The Morgan fingerprint density at radius 1 is 0.974 bits per heavy atom. The normalized spacial score (nSPS) is 16.7. The molecule has 2 aliphatic heterocycles. The van der Waals surface area contributed by atoms with Crippen molar-refractivity contribution < 1.29 is 42.8 Å². The van der Waals surface area contributed by atoms with Gasteiger partial charge in [0, 0.05) is 17.0 Å². The van der Waals surface area contributed by atoms with Crippen molar-refractivity contribution in [1.82, 2.24) is 0 Å². The van der Waals surface area contributed by atoms with Crippen LogP contribution >= 0.6 is 0 Å². The third-order valence-corrected chi connectivity index (χ3v) is 6.36. The van der Waals surface area contributed by atoms with Crippen LogP contribution in [-0.2, 0) is 14.3 Å². The Labute approximate surface area is 218 Å². The number of carbonyl (C=O) groups is 3. The molecule has 194 valence electrons. The Morgan fingerprint density at radius 3 is 2.47 bits per heavy atom. The summed E-state index contributed by atoms with van der Waals surface area (Å²) in [5.74, 6) is 0.156. The standard InChI is InChI=1S/C29H24O9/c1-33-17-9-7-16(8-10-17)13-23-27(32)19-11-12-21-26(29(19)38-23)20(14-24(30)37-21)18-5-4-6-22(34-2)28(18)36-15-25(31)35-3/h4-13,20H,14-15H2,1-3H3/b23-13-/t20-/m0/s1. The van der Waals surface area contributed by atoms with Crippen molar-refractivity contribution in [2.45, 2.75) is 12.3 Å². The van der Waals surface area contributed by atoms with Crippen LogP contribution in [0.1, 0.15) is 39.4 Å². The maximum atomic E-state index is 13.3. The van der Waals surface area contributed by atoms with Crippen molar-refractivity contribution in [2.24, 2.45) is 0 Å². The van der Waals surface area contributed by atoms with Crippen LogP contribution in [0, 0.1) is 0 Å². The molecule has 5 rings (SSSR count). The predicted octanol–water partition coefficient (Wildman–Crippen LogP) is 4.31. The van der Waals surface area contributed by atoms with Gasteiger partial charge in [0.15, 0.2) is 23.9 Å². The molecule has 9 nitrogen and oxygen atoms in total. The first-order valence-electron chi connectivity index (χ1n) is 11.8. The summed E-state index contributed by atoms with van der Waals surface area (Å²) in [6.07, 6.45) is 1.61. The number of hydrogen-bond acceptors (Lipinski definition) is 9. The third-order valence-electron chi connectivity index (χ3n) is 6.36. The zero-order valence-electron chi connectivity index (χ0n) is 20.9. The summed E-state index contributed by atoms with van der Waals surface area (Å²) < 4.78 is 32.8. The fourth-order valence-electron chi connectivity index (χ4n) is 4.54. The molecule has 38 heavy (non-hydrogen) atoms. The molecular formula is C29H24O9. The van der Waals surface area contributed by atoms with Crippen molar-refractivity contribution in [3.63, 3.8) is 0 Å². The van der Waals surface area contributed by atoms with Crippen LogP contribution in [0.5, 0.6) is 28.7 Å². The maximum Gasteiger partial charge on any atom is 0.343 e. The van der Waals surface area contributed by atoms with E-state index in [4.69, 9.17) is 28.4 Å². The summed E-state index contributed by atoms with van der Waals surface area (Å²) in [5, 5.41) is 0. The van der Waals surface area contributed by atoms with E-state index in [2.05, 4.69) is 0 Å². The molecule has 2 aliphatic rings. The molecule has 0 N–H and O–H groups in total. The summed E-state index contributed by atoms with van der Waals surface area (Å²) in [7, 11) is 4.31. The van der Waals surface area contributed by atoms with Gasteiger partial charge in [0.2, 0.25) is 5.78 Å². The van der Waals surface area contributed by atoms with Gasteiger partial charge in [0.05, 0.1) is 33.3 Å². The quantitative estimate of drug-likeness (QED) is 0.258. The first-order valence-corrected chi connectivity index (χ1v) is 11.8. The van der Waals surface area contributed by atoms with Crippen LogP contribution in [0.3, 0.4) is 0 Å². The van der Waals surface area contributed by atoms with Crippen molar-refractivity contribution in [1.29, 1.82) is 0 Å².